The van der Waals surface area contributed by atoms with Crippen molar-refractivity contribution in [1.82, 2.24) is 14.3 Å². The first-order valence-corrected chi connectivity index (χ1v) is 12.5. The maximum absolute atomic E-state index is 11.6. The van der Waals surface area contributed by atoms with E-state index in [4.69, 9.17) is 9.22 Å². The zero-order chi connectivity index (χ0) is 29.4. The number of aromatic nitrogens is 3. The molecule has 2 aromatic carbocycles. The Morgan fingerprint density at radius 2 is 1.38 bits per heavy atom. The van der Waals surface area contributed by atoms with Gasteiger partial charge in [-0.15, -0.1) is 12.5 Å². The van der Waals surface area contributed by atoms with Crippen molar-refractivity contribution < 1.29 is 27.5 Å². The number of hydrogen-bond acceptors (Lipinski definition) is 3. The van der Waals surface area contributed by atoms with Gasteiger partial charge in [0.1, 0.15) is 13.7 Å². The minimum atomic E-state index is -0.453. The molecule has 0 spiro atoms. The van der Waals surface area contributed by atoms with Gasteiger partial charge in [0.25, 0.3) is 5.56 Å². The molecule has 8 heteroatoms. The summed E-state index contributed by atoms with van der Waals surface area (Å²) in [4.78, 5) is 22.7. The Balaban J connectivity index is -0.000000484. The Kier molecular flexibility index (Phi) is 21.3. The van der Waals surface area contributed by atoms with Crippen molar-refractivity contribution in [3.63, 3.8) is 0 Å². The van der Waals surface area contributed by atoms with E-state index in [0.29, 0.717) is 23.3 Å². The topological polar surface area (TPSA) is 80.0 Å². The number of hydrogen-bond donors (Lipinski definition) is 2. The van der Waals surface area contributed by atoms with Crippen LogP contribution in [0.25, 0.3) is 5.69 Å². The van der Waals surface area contributed by atoms with Crippen LogP contribution in [0.2, 0.25) is 0 Å². The molecule has 2 radical (unpaired) electrons. The van der Waals surface area contributed by atoms with Crippen LogP contribution in [0.15, 0.2) is 70.2 Å². The van der Waals surface area contributed by atoms with Crippen LogP contribution in [0.1, 0.15) is 65.7 Å². The van der Waals surface area contributed by atoms with Crippen LogP contribution in [0.3, 0.4) is 0 Å². The molecule has 4 rings (SSSR count). The number of H-pyrrole nitrogens is 1. The van der Waals surface area contributed by atoms with Gasteiger partial charge in [-0.1, -0.05) is 88.7 Å². The second-order valence-electron chi connectivity index (χ2n) is 7.53. The molecule has 0 fully saturated rings. The monoisotopic (exact) mass is 704 g/mol. The zero-order valence-corrected chi connectivity index (χ0v) is 27.0. The zero-order valence-electron chi connectivity index (χ0n) is 25.0. The molecule has 2 heterocycles. The molecule has 212 valence electrons. The molecule has 0 atom stereocenters. The van der Waals surface area contributed by atoms with Gasteiger partial charge in [-0.3, -0.25) is 9.59 Å². The van der Waals surface area contributed by atoms with E-state index in [0.717, 1.165) is 5.69 Å². The molecule has 0 aliphatic heterocycles. The van der Waals surface area contributed by atoms with Crippen LogP contribution >= 0.6 is 0 Å². The fraction of sp³-hybridized carbons (Fsp3) is 0.355. The molecule has 0 amide bonds. The SMILES string of the molecule is C.CC.CC.Cc1ccc(C)cc1.[3H]c1[c-]c(=O)n(CC)c(O)c1C.[B]c1[nH]n(-c2ccccc2)c(=O)c1C.[W]. The number of nitrogens with zero attached hydrogens (tertiary/aromatic N) is 2. The van der Waals surface area contributed by atoms with E-state index >= 15 is 0 Å². The summed E-state index contributed by atoms with van der Waals surface area (Å²) >= 11 is 0. The maximum atomic E-state index is 11.6. The largest absolute Gasteiger partial charge is 0.509 e. The Bertz CT molecular complexity index is 1330. The summed E-state index contributed by atoms with van der Waals surface area (Å²) in [6.07, 6.45) is 0. The van der Waals surface area contributed by atoms with E-state index < -0.39 is 5.56 Å². The summed E-state index contributed by atoms with van der Waals surface area (Å²) in [7, 11) is 5.60. The molecule has 0 unspecified atom stereocenters. The van der Waals surface area contributed by atoms with Gasteiger partial charge in [-0.05, 0) is 45.4 Å². The van der Waals surface area contributed by atoms with Gasteiger partial charge in [0, 0.05) is 34.5 Å². The average Bonchev–Trinajstić information content (AvgIpc) is 3.20. The normalized spacial score (nSPS) is 9.10. The first-order valence-electron chi connectivity index (χ1n) is 13.0. The van der Waals surface area contributed by atoms with Gasteiger partial charge in [0.2, 0.25) is 0 Å². The van der Waals surface area contributed by atoms with Crippen molar-refractivity contribution in [3.8, 4) is 11.6 Å². The van der Waals surface area contributed by atoms with Gasteiger partial charge in [0.15, 0.2) is 5.56 Å². The summed E-state index contributed by atoms with van der Waals surface area (Å²) in [5.74, 6) is -0.133. The first-order chi connectivity index (χ1) is 18.1. The van der Waals surface area contributed by atoms with Crippen LogP contribution in [0.5, 0.6) is 5.88 Å². The smallest absolute Gasteiger partial charge is 0.273 e. The summed E-state index contributed by atoms with van der Waals surface area (Å²) in [6, 6.07) is 20.1. The number of pyridine rings is 1. The quantitative estimate of drug-likeness (QED) is 0.201. The van der Waals surface area contributed by atoms with Gasteiger partial charge >= 0.3 is 0 Å². The third-order valence-corrected chi connectivity index (χ3v) is 4.90. The van der Waals surface area contributed by atoms with Crippen molar-refractivity contribution in [2.75, 3.05) is 0 Å². The van der Waals surface area contributed by atoms with E-state index in [2.05, 4.69) is 49.3 Å². The molecular formula is C31H45BN3O3W-. The van der Waals surface area contributed by atoms with Crippen molar-refractivity contribution >= 4 is 13.4 Å². The number of aromatic amines is 1. The summed E-state index contributed by atoms with van der Waals surface area (Å²) in [5, 5.41) is 12.2. The van der Waals surface area contributed by atoms with Crippen molar-refractivity contribution in [2.45, 2.75) is 76.3 Å². The predicted octanol–water partition coefficient (Wildman–Crippen LogP) is 5.94. The predicted molar refractivity (Wildman–Crippen MR) is 163 cm³/mol. The van der Waals surface area contributed by atoms with Gasteiger partial charge in [-0.2, -0.15) is 6.07 Å². The van der Waals surface area contributed by atoms with Crippen LogP contribution in [0, 0.1) is 33.8 Å². The molecule has 0 aliphatic carbocycles. The molecule has 0 bridgehead atoms. The third-order valence-electron chi connectivity index (χ3n) is 4.90. The maximum Gasteiger partial charge on any atom is 0.273 e. The number of aryl methyl sites for hydroxylation is 2. The van der Waals surface area contributed by atoms with E-state index in [1.165, 1.54) is 20.4 Å². The molecule has 0 saturated carbocycles. The molecule has 0 aliphatic rings. The Hall–Kier alpha value is -3.05. The summed E-state index contributed by atoms with van der Waals surface area (Å²) in [6.45, 7) is 17.6. The van der Waals surface area contributed by atoms with E-state index in [1.807, 2.05) is 58.0 Å². The third kappa shape index (κ3) is 13.0. The van der Waals surface area contributed by atoms with Gasteiger partial charge in [-0.25, -0.2) is 10.7 Å². The summed E-state index contributed by atoms with van der Waals surface area (Å²) in [5.41, 5.74) is 4.24. The Morgan fingerprint density at radius 1 is 0.923 bits per heavy atom. The minimum Gasteiger partial charge on any atom is -0.509 e. The number of para-hydroxylation sites is 1. The minimum absolute atomic E-state index is 0. The fourth-order valence-electron chi connectivity index (χ4n) is 2.80. The van der Waals surface area contributed by atoms with Crippen LogP contribution in [-0.2, 0) is 27.6 Å². The molecule has 4 aromatic rings. The molecular weight excluding hydrogens is 657 g/mol. The Morgan fingerprint density at radius 3 is 1.77 bits per heavy atom. The van der Waals surface area contributed by atoms with Gasteiger partial charge in [0.05, 0.1) is 5.69 Å². The second-order valence-corrected chi connectivity index (χ2v) is 7.53. The van der Waals surface area contributed by atoms with Gasteiger partial charge < -0.3 is 14.8 Å². The number of aromatic hydroxyl groups is 1. The molecule has 2 aromatic heterocycles. The van der Waals surface area contributed by atoms with Crippen LogP contribution in [0.4, 0.5) is 0 Å². The van der Waals surface area contributed by atoms with Crippen molar-refractivity contribution in [2.24, 2.45) is 0 Å². The van der Waals surface area contributed by atoms with E-state index in [9.17, 15) is 14.7 Å². The molecule has 6 nitrogen and oxygen atoms in total. The number of nitrogens with one attached hydrogen (secondary N) is 1. The average molecular weight is 704 g/mol. The molecule has 2 N–H and O–H groups in total. The first kappa shape index (κ1) is 38.1. The number of benzene rings is 2. The molecule has 0 saturated heterocycles. The Labute approximate surface area is 252 Å². The standard InChI is InChI=1S/C10H9BN2O.C8H10NO2.C8H10.2C2H6.CH4.W/c1-7-9(11)12-13(10(7)14)8-5-3-2-4-6-8;1-3-9-7(10)5-4-6(2)8(9)11;1-7-3-5-8(2)6-4-7;2*1-2;;/h2-6,12H,1H3;4,11H,3H2,1-2H3;3-6H,1-2H3;2*1-2H3;1H4;/q;-1;;;;;/i;4T;;;;;. The molecule has 39 heavy (non-hydrogen) atoms. The van der Waals surface area contributed by atoms with E-state index in [-0.39, 0.29) is 46.0 Å². The summed E-state index contributed by atoms with van der Waals surface area (Å²) < 4.78 is 9.85. The van der Waals surface area contributed by atoms with Crippen LogP contribution in [-0.4, -0.2) is 27.3 Å². The van der Waals surface area contributed by atoms with Crippen molar-refractivity contribution in [3.05, 3.63) is 110 Å². The van der Waals surface area contributed by atoms with Crippen LogP contribution < -0.4 is 16.7 Å². The fourth-order valence-corrected chi connectivity index (χ4v) is 2.80. The number of rotatable bonds is 2. The van der Waals surface area contributed by atoms with E-state index in [1.54, 1.807) is 20.8 Å². The second kappa shape index (κ2) is 21.8. The van der Waals surface area contributed by atoms with Crippen molar-refractivity contribution in [1.29, 1.82) is 0 Å².